The number of tetrazole rings is 1. The molecule has 7 nitrogen and oxygen atoms in total. The molecule has 0 bridgehead atoms. The zero-order valence-electron chi connectivity index (χ0n) is 11.4. The molecule has 2 N–H and O–H groups in total. The maximum atomic E-state index is 11.7. The van der Waals surface area contributed by atoms with Gasteiger partial charge in [-0.05, 0) is 54.5 Å². The number of aryl methyl sites for hydroxylation is 1. The van der Waals surface area contributed by atoms with E-state index in [1.165, 1.54) is 6.33 Å². The van der Waals surface area contributed by atoms with Crippen LogP contribution in [0.5, 0.6) is 0 Å². The molecular weight excluding hydrogens is 258 g/mol. The molecule has 0 aliphatic carbocycles. The van der Waals surface area contributed by atoms with Crippen LogP contribution < -0.4 is 5.32 Å². The molecule has 7 heteroatoms. The molecule has 20 heavy (non-hydrogen) atoms. The number of aliphatic hydroxyl groups excluding tert-OH is 1. The highest BCUT2D eigenvalue weighted by Crippen LogP contribution is 2.18. The lowest BCUT2D eigenvalue weighted by atomic mass is 10.1. The number of benzene rings is 1. The van der Waals surface area contributed by atoms with E-state index in [9.17, 15) is 4.79 Å². The molecule has 0 aliphatic heterocycles. The molecule has 1 unspecified atom stereocenters. The Hall–Kier alpha value is -2.28. The first kappa shape index (κ1) is 14.1. The highest BCUT2D eigenvalue weighted by atomic mass is 16.3. The van der Waals surface area contributed by atoms with Crippen LogP contribution in [0.25, 0.3) is 5.69 Å². The summed E-state index contributed by atoms with van der Waals surface area (Å²) in [6.45, 7) is 3.58. The smallest absolute Gasteiger partial charge is 0.224 e. The van der Waals surface area contributed by atoms with Crippen LogP contribution in [-0.2, 0) is 4.79 Å². The molecule has 1 amide bonds. The molecule has 0 aliphatic rings. The lowest BCUT2D eigenvalue weighted by Gasteiger charge is -2.09. The Labute approximate surface area is 116 Å². The largest absolute Gasteiger partial charge is 0.393 e. The van der Waals surface area contributed by atoms with E-state index >= 15 is 0 Å². The third kappa shape index (κ3) is 3.61. The van der Waals surface area contributed by atoms with E-state index in [0.717, 1.165) is 16.9 Å². The van der Waals surface area contributed by atoms with E-state index in [-0.39, 0.29) is 5.91 Å². The van der Waals surface area contributed by atoms with Crippen molar-refractivity contribution in [3.63, 3.8) is 0 Å². The second-order valence-corrected chi connectivity index (χ2v) is 4.69. The van der Waals surface area contributed by atoms with Gasteiger partial charge in [-0.15, -0.1) is 5.10 Å². The number of aliphatic hydroxyl groups is 1. The summed E-state index contributed by atoms with van der Waals surface area (Å²) in [5.74, 6) is -0.111. The van der Waals surface area contributed by atoms with Gasteiger partial charge in [0.2, 0.25) is 5.91 Å². The van der Waals surface area contributed by atoms with Crippen molar-refractivity contribution in [3.05, 3.63) is 30.1 Å². The molecule has 2 rings (SSSR count). The Morgan fingerprint density at radius 1 is 1.50 bits per heavy atom. The Balaban J connectivity index is 2.04. The summed E-state index contributed by atoms with van der Waals surface area (Å²) in [6, 6.07) is 5.50. The highest BCUT2D eigenvalue weighted by molar-refractivity contribution is 5.90. The molecule has 0 saturated carbocycles. The van der Waals surface area contributed by atoms with Crippen LogP contribution in [0.3, 0.4) is 0 Å². The number of hydrogen-bond donors (Lipinski definition) is 2. The summed E-state index contributed by atoms with van der Waals surface area (Å²) in [4.78, 5) is 11.7. The van der Waals surface area contributed by atoms with E-state index in [1.54, 1.807) is 17.7 Å². The van der Waals surface area contributed by atoms with E-state index in [4.69, 9.17) is 5.11 Å². The van der Waals surface area contributed by atoms with Crippen LogP contribution in [0.2, 0.25) is 0 Å². The maximum absolute atomic E-state index is 11.7. The van der Waals surface area contributed by atoms with Crippen molar-refractivity contribution in [2.75, 3.05) is 5.32 Å². The standard InChI is InChI=1S/C13H17N5O2/c1-9-7-11(15-13(20)6-3-10(2)19)4-5-12(9)18-8-14-16-17-18/h4-5,7-8,10,19H,3,6H2,1-2H3,(H,15,20). The quantitative estimate of drug-likeness (QED) is 0.851. The maximum Gasteiger partial charge on any atom is 0.224 e. The van der Waals surface area contributed by atoms with Gasteiger partial charge in [0.05, 0.1) is 11.8 Å². The van der Waals surface area contributed by atoms with E-state index in [0.29, 0.717) is 12.8 Å². The average Bonchev–Trinajstić information content (AvgIpc) is 2.90. The zero-order valence-corrected chi connectivity index (χ0v) is 11.4. The Morgan fingerprint density at radius 2 is 2.30 bits per heavy atom. The summed E-state index contributed by atoms with van der Waals surface area (Å²) in [5.41, 5.74) is 2.53. The van der Waals surface area contributed by atoms with Gasteiger partial charge in [0.1, 0.15) is 6.33 Å². The average molecular weight is 275 g/mol. The number of rotatable bonds is 5. The normalized spacial score (nSPS) is 12.2. The van der Waals surface area contributed by atoms with Crippen molar-refractivity contribution in [3.8, 4) is 5.69 Å². The molecule has 1 aromatic heterocycles. The van der Waals surface area contributed by atoms with Gasteiger partial charge in [-0.1, -0.05) is 0 Å². The highest BCUT2D eigenvalue weighted by Gasteiger charge is 2.07. The first-order chi connectivity index (χ1) is 9.56. The molecule has 2 aromatic rings. The molecule has 0 fully saturated rings. The van der Waals surface area contributed by atoms with Gasteiger partial charge >= 0.3 is 0 Å². The second-order valence-electron chi connectivity index (χ2n) is 4.69. The van der Waals surface area contributed by atoms with E-state index in [2.05, 4.69) is 20.8 Å². The minimum Gasteiger partial charge on any atom is -0.393 e. The van der Waals surface area contributed by atoms with Gasteiger partial charge in [-0.25, -0.2) is 4.68 Å². The van der Waals surface area contributed by atoms with Gasteiger partial charge in [-0.3, -0.25) is 4.79 Å². The number of anilines is 1. The minimum absolute atomic E-state index is 0.111. The molecule has 0 radical (unpaired) electrons. The third-order valence-electron chi connectivity index (χ3n) is 2.87. The first-order valence-corrected chi connectivity index (χ1v) is 6.38. The number of aromatic nitrogens is 4. The fourth-order valence-corrected chi connectivity index (χ4v) is 1.83. The lowest BCUT2D eigenvalue weighted by molar-refractivity contribution is -0.116. The molecule has 1 aromatic carbocycles. The summed E-state index contributed by atoms with van der Waals surface area (Å²) in [7, 11) is 0. The number of carbonyl (C=O) groups is 1. The van der Waals surface area contributed by atoms with Crippen LogP contribution in [-0.4, -0.2) is 37.3 Å². The van der Waals surface area contributed by atoms with E-state index < -0.39 is 6.10 Å². The topological polar surface area (TPSA) is 92.9 Å². The molecule has 1 atom stereocenters. The van der Waals surface area contributed by atoms with E-state index in [1.807, 2.05) is 19.1 Å². The van der Waals surface area contributed by atoms with Crippen molar-refractivity contribution in [2.24, 2.45) is 0 Å². The second kappa shape index (κ2) is 6.25. The number of hydrogen-bond acceptors (Lipinski definition) is 5. The minimum atomic E-state index is -0.468. The summed E-state index contributed by atoms with van der Waals surface area (Å²) in [5, 5.41) is 23.0. The Kier molecular flexibility index (Phi) is 4.41. The Bertz CT molecular complexity index is 580. The molecular formula is C13H17N5O2. The number of amides is 1. The number of carbonyl (C=O) groups excluding carboxylic acids is 1. The van der Waals surface area contributed by atoms with Crippen molar-refractivity contribution in [2.45, 2.75) is 32.8 Å². The monoisotopic (exact) mass is 275 g/mol. The molecule has 0 spiro atoms. The fourth-order valence-electron chi connectivity index (χ4n) is 1.83. The number of nitrogens with one attached hydrogen (secondary N) is 1. The molecule has 1 heterocycles. The van der Waals surface area contributed by atoms with Crippen LogP contribution in [0.15, 0.2) is 24.5 Å². The SMILES string of the molecule is Cc1cc(NC(=O)CCC(C)O)ccc1-n1cnnn1. The summed E-state index contributed by atoms with van der Waals surface area (Å²) >= 11 is 0. The van der Waals surface area contributed by atoms with Crippen molar-refractivity contribution >= 4 is 11.6 Å². The van der Waals surface area contributed by atoms with Gasteiger partial charge in [0, 0.05) is 12.1 Å². The van der Waals surface area contributed by atoms with Crippen LogP contribution >= 0.6 is 0 Å². The Morgan fingerprint density at radius 3 is 2.90 bits per heavy atom. The molecule has 106 valence electrons. The lowest BCUT2D eigenvalue weighted by Crippen LogP contribution is -2.14. The van der Waals surface area contributed by atoms with Crippen LogP contribution in [0.4, 0.5) is 5.69 Å². The van der Waals surface area contributed by atoms with Gasteiger partial charge in [0.25, 0.3) is 0 Å². The van der Waals surface area contributed by atoms with Gasteiger partial charge < -0.3 is 10.4 Å². The zero-order chi connectivity index (χ0) is 14.5. The van der Waals surface area contributed by atoms with Gasteiger partial charge in [-0.2, -0.15) is 0 Å². The van der Waals surface area contributed by atoms with Crippen molar-refractivity contribution < 1.29 is 9.90 Å². The van der Waals surface area contributed by atoms with Crippen LogP contribution in [0, 0.1) is 6.92 Å². The fraction of sp³-hybridized carbons (Fsp3) is 0.385. The predicted molar refractivity (Wildman–Crippen MR) is 73.4 cm³/mol. The van der Waals surface area contributed by atoms with Crippen molar-refractivity contribution in [1.82, 2.24) is 20.2 Å². The van der Waals surface area contributed by atoms with Crippen molar-refractivity contribution in [1.29, 1.82) is 0 Å². The first-order valence-electron chi connectivity index (χ1n) is 6.38. The summed E-state index contributed by atoms with van der Waals surface area (Å²) < 4.78 is 1.56. The summed E-state index contributed by atoms with van der Waals surface area (Å²) in [6.07, 6.45) is 1.80. The number of nitrogens with zero attached hydrogens (tertiary/aromatic N) is 4. The molecule has 0 saturated heterocycles. The third-order valence-corrected chi connectivity index (χ3v) is 2.87. The predicted octanol–water partition coefficient (Wildman–Crippen LogP) is 1.07. The van der Waals surface area contributed by atoms with Crippen LogP contribution in [0.1, 0.15) is 25.3 Å². The van der Waals surface area contributed by atoms with Gasteiger partial charge in [0.15, 0.2) is 0 Å².